The minimum Gasteiger partial charge on any atom is -0.480 e. The molecule has 0 unspecified atom stereocenters. The second kappa shape index (κ2) is 6.87. The molecule has 0 spiro atoms. The first-order valence-corrected chi connectivity index (χ1v) is 7.26. The van der Waals surface area contributed by atoms with Crippen LogP contribution in [0.5, 0.6) is 0 Å². The van der Waals surface area contributed by atoms with Gasteiger partial charge in [-0.15, -0.1) is 0 Å². The third-order valence-corrected chi connectivity index (χ3v) is 3.80. The van der Waals surface area contributed by atoms with Crippen LogP contribution in [0.2, 0.25) is 0 Å². The van der Waals surface area contributed by atoms with Crippen LogP contribution in [-0.2, 0) is 14.8 Å². The number of carbonyl (C=O) groups is 1. The van der Waals surface area contributed by atoms with Gasteiger partial charge in [-0.25, -0.2) is 8.42 Å². The van der Waals surface area contributed by atoms with Crippen molar-refractivity contribution in [2.45, 2.75) is 18.9 Å². The molecule has 0 saturated carbocycles. The molecule has 1 aromatic rings. The number of carboxylic acids is 1. The number of nitrogens with zero attached hydrogens (tertiary/aromatic N) is 1. The number of aliphatic carboxylic acids is 1. The summed E-state index contributed by atoms with van der Waals surface area (Å²) in [7, 11) is -3.73. The second-order valence-corrected chi connectivity index (χ2v) is 5.75. The van der Waals surface area contributed by atoms with Gasteiger partial charge in [0.1, 0.15) is 6.04 Å². The van der Waals surface area contributed by atoms with Crippen LogP contribution < -0.4 is 4.72 Å². The number of nitrogens with one attached hydrogen (secondary N) is 1. The number of nitriles is 1. The van der Waals surface area contributed by atoms with Gasteiger partial charge < -0.3 is 5.11 Å². The molecule has 102 valence electrons. The van der Waals surface area contributed by atoms with Crippen LogP contribution in [0.4, 0.5) is 0 Å². The van der Waals surface area contributed by atoms with Gasteiger partial charge in [0.15, 0.2) is 0 Å². The highest BCUT2D eigenvalue weighted by atomic mass is 32.2. The van der Waals surface area contributed by atoms with Gasteiger partial charge in [-0.2, -0.15) is 9.98 Å². The Kier molecular flexibility index (Phi) is 5.48. The third kappa shape index (κ3) is 5.07. The van der Waals surface area contributed by atoms with Crippen molar-refractivity contribution < 1.29 is 18.3 Å². The van der Waals surface area contributed by atoms with Crippen molar-refractivity contribution in [1.29, 1.82) is 5.26 Å². The zero-order valence-electron chi connectivity index (χ0n) is 10.1. The van der Waals surface area contributed by atoms with E-state index in [4.69, 9.17) is 10.4 Å². The summed E-state index contributed by atoms with van der Waals surface area (Å²) in [6.07, 6.45) is 0.289. The summed E-state index contributed by atoms with van der Waals surface area (Å²) in [4.78, 5) is 11.1. The van der Waals surface area contributed by atoms with E-state index >= 15 is 0 Å². The zero-order chi connectivity index (χ0) is 14.3. The van der Waals surface area contributed by atoms with Gasteiger partial charge in [0, 0.05) is 6.42 Å². The number of hydrogen-bond donors (Lipinski definition) is 2. The normalized spacial score (nSPS) is 12.6. The molecule has 0 fully saturated rings. The maximum Gasteiger partial charge on any atom is 0.326 e. The van der Waals surface area contributed by atoms with E-state index in [1.807, 2.05) is 6.07 Å². The van der Waals surface area contributed by atoms with Crippen molar-refractivity contribution >= 4 is 16.0 Å². The third-order valence-electron chi connectivity index (χ3n) is 2.38. The van der Waals surface area contributed by atoms with Crippen LogP contribution in [0.3, 0.4) is 0 Å². The molecule has 1 aromatic carbocycles. The lowest BCUT2D eigenvalue weighted by molar-refractivity contribution is -0.139. The highest BCUT2D eigenvalue weighted by Gasteiger charge is 2.25. The van der Waals surface area contributed by atoms with Crippen molar-refractivity contribution in [3.63, 3.8) is 0 Å². The van der Waals surface area contributed by atoms with Crippen LogP contribution in [-0.4, -0.2) is 25.2 Å². The molecule has 0 aliphatic heterocycles. The Balaban J connectivity index is 2.81. The summed E-state index contributed by atoms with van der Waals surface area (Å²) < 4.78 is 25.6. The molecule has 19 heavy (non-hydrogen) atoms. The zero-order valence-corrected chi connectivity index (χ0v) is 10.9. The topological polar surface area (TPSA) is 107 Å². The molecule has 0 amide bonds. The lowest BCUT2D eigenvalue weighted by Gasteiger charge is -2.14. The van der Waals surface area contributed by atoms with E-state index in [9.17, 15) is 13.2 Å². The Morgan fingerprint density at radius 3 is 2.53 bits per heavy atom. The molecule has 7 heteroatoms. The fraction of sp³-hybridized carbons (Fsp3) is 0.333. The van der Waals surface area contributed by atoms with Crippen molar-refractivity contribution in [2.24, 2.45) is 0 Å². The number of hydrogen-bond acceptors (Lipinski definition) is 4. The summed E-state index contributed by atoms with van der Waals surface area (Å²) in [6.45, 7) is 0. The number of carboxylic acid groups (broad SMARTS) is 1. The lowest BCUT2D eigenvalue weighted by atomic mass is 10.1. The van der Waals surface area contributed by atoms with E-state index in [0.29, 0.717) is 5.56 Å². The Hall–Kier alpha value is -1.91. The lowest BCUT2D eigenvalue weighted by Crippen LogP contribution is -2.35. The first-order valence-electron chi connectivity index (χ1n) is 5.61. The first-order chi connectivity index (χ1) is 8.96. The highest BCUT2D eigenvalue weighted by molar-refractivity contribution is 7.89. The monoisotopic (exact) mass is 282 g/mol. The predicted octanol–water partition coefficient (Wildman–Crippen LogP) is 1.04. The molecular weight excluding hydrogens is 268 g/mol. The Morgan fingerprint density at radius 2 is 2.00 bits per heavy atom. The van der Waals surface area contributed by atoms with Gasteiger partial charge in [-0.05, 0) is 12.0 Å². The van der Waals surface area contributed by atoms with Gasteiger partial charge >= 0.3 is 5.97 Å². The molecule has 1 rings (SSSR count). The molecule has 0 aromatic heterocycles. The SMILES string of the molecule is N#CCCCS(=O)(=O)N[C@H](C(=O)O)c1ccccc1. The minimum absolute atomic E-state index is 0.115. The Bertz CT molecular complexity index is 563. The van der Waals surface area contributed by atoms with Gasteiger partial charge in [0.2, 0.25) is 10.0 Å². The largest absolute Gasteiger partial charge is 0.480 e. The van der Waals surface area contributed by atoms with Gasteiger partial charge in [-0.3, -0.25) is 4.79 Å². The molecular formula is C12H14N2O4S. The summed E-state index contributed by atoms with van der Waals surface area (Å²) in [5.41, 5.74) is 0.360. The first kappa shape index (κ1) is 15.1. The standard InChI is InChI=1S/C12H14N2O4S/c13-8-4-5-9-19(17,18)14-11(12(15)16)10-6-2-1-3-7-10/h1-3,6-7,11,14H,4-5,9H2,(H,15,16)/t11-/m0/s1. The van der Waals surface area contributed by atoms with E-state index in [1.54, 1.807) is 18.2 Å². The van der Waals surface area contributed by atoms with Gasteiger partial charge in [0.05, 0.1) is 11.8 Å². The van der Waals surface area contributed by atoms with E-state index in [1.165, 1.54) is 12.1 Å². The fourth-order valence-corrected chi connectivity index (χ4v) is 2.72. The second-order valence-electron chi connectivity index (χ2n) is 3.88. The number of benzene rings is 1. The van der Waals surface area contributed by atoms with Gasteiger partial charge in [-0.1, -0.05) is 30.3 Å². The molecule has 6 nitrogen and oxygen atoms in total. The van der Waals surface area contributed by atoms with Crippen molar-refractivity contribution in [1.82, 2.24) is 4.72 Å². The summed E-state index contributed by atoms with van der Waals surface area (Å²) in [6, 6.07) is 8.58. The molecule has 1 atom stereocenters. The molecule has 0 saturated heterocycles. The fourth-order valence-electron chi connectivity index (χ4n) is 1.49. The molecule has 0 aliphatic carbocycles. The minimum atomic E-state index is -3.73. The number of sulfonamides is 1. The quantitative estimate of drug-likeness (QED) is 0.726. The maximum atomic E-state index is 11.7. The van der Waals surface area contributed by atoms with Crippen molar-refractivity contribution in [3.05, 3.63) is 35.9 Å². The average Bonchev–Trinajstić information content (AvgIpc) is 2.37. The molecule has 0 bridgehead atoms. The number of rotatable bonds is 7. The Morgan fingerprint density at radius 1 is 1.37 bits per heavy atom. The molecule has 0 heterocycles. The maximum absolute atomic E-state index is 11.7. The summed E-state index contributed by atoms with van der Waals surface area (Å²) in [5.74, 6) is -1.54. The van der Waals surface area contributed by atoms with Crippen LogP contribution in [0, 0.1) is 11.3 Å². The predicted molar refractivity (Wildman–Crippen MR) is 68.6 cm³/mol. The van der Waals surface area contributed by atoms with Gasteiger partial charge in [0.25, 0.3) is 0 Å². The smallest absolute Gasteiger partial charge is 0.326 e. The molecule has 0 aliphatic rings. The molecule has 0 radical (unpaired) electrons. The van der Waals surface area contributed by atoms with Crippen LogP contribution in [0.15, 0.2) is 30.3 Å². The highest BCUT2D eigenvalue weighted by Crippen LogP contribution is 2.14. The van der Waals surface area contributed by atoms with Crippen molar-refractivity contribution in [3.8, 4) is 6.07 Å². The number of unbranched alkanes of at least 4 members (excludes halogenated alkanes) is 1. The Labute approximate surface area is 111 Å². The molecule has 2 N–H and O–H groups in total. The van der Waals surface area contributed by atoms with Crippen LogP contribution >= 0.6 is 0 Å². The van der Waals surface area contributed by atoms with E-state index in [-0.39, 0.29) is 18.6 Å². The summed E-state index contributed by atoms with van der Waals surface area (Å²) >= 11 is 0. The average molecular weight is 282 g/mol. The van der Waals surface area contributed by atoms with Crippen LogP contribution in [0.25, 0.3) is 0 Å². The van der Waals surface area contributed by atoms with E-state index in [2.05, 4.69) is 4.72 Å². The van der Waals surface area contributed by atoms with Crippen molar-refractivity contribution in [2.75, 3.05) is 5.75 Å². The van der Waals surface area contributed by atoms with E-state index in [0.717, 1.165) is 0 Å². The van der Waals surface area contributed by atoms with Crippen LogP contribution in [0.1, 0.15) is 24.4 Å². The van der Waals surface area contributed by atoms with E-state index < -0.39 is 22.0 Å². The summed E-state index contributed by atoms with van der Waals surface area (Å²) in [5, 5.41) is 17.4.